The lowest BCUT2D eigenvalue weighted by Crippen LogP contribution is -2.41. The maximum atomic E-state index is 13.2. The first-order valence-electron chi connectivity index (χ1n) is 8.27. The number of hydrogen-bond acceptors (Lipinski definition) is 4. The summed E-state index contributed by atoms with van der Waals surface area (Å²) in [6, 6.07) is 0. The van der Waals surface area contributed by atoms with Crippen LogP contribution in [-0.2, 0) is 19.6 Å². The topological polar surface area (TPSA) is 63.7 Å². The Morgan fingerprint density at radius 2 is 1.33 bits per heavy atom. The molecule has 5 nitrogen and oxygen atoms in total. The molecular weight excluding hydrogens is 326 g/mol. The highest BCUT2D eigenvalue weighted by Gasteiger charge is 2.34. The molecule has 24 heavy (non-hydrogen) atoms. The molecule has 1 saturated heterocycles. The molecule has 1 heterocycles. The van der Waals surface area contributed by atoms with Gasteiger partial charge in [-0.15, -0.1) is 0 Å². The summed E-state index contributed by atoms with van der Waals surface area (Å²) in [7, 11) is -2.19. The van der Waals surface area contributed by atoms with Gasteiger partial charge in [-0.2, -0.15) is 4.31 Å². The van der Waals surface area contributed by atoms with E-state index in [0.29, 0.717) is 30.8 Å². The molecule has 1 fully saturated rings. The lowest BCUT2D eigenvalue weighted by molar-refractivity contribution is -0.146. The molecule has 1 aliphatic heterocycles. The Labute approximate surface area is 145 Å². The normalized spacial score (nSPS) is 17.1. The summed E-state index contributed by atoms with van der Waals surface area (Å²) >= 11 is 0. The van der Waals surface area contributed by atoms with Gasteiger partial charge in [0.05, 0.1) is 17.9 Å². The van der Waals surface area contributed by atoms with Gasteiger partial charge in [-0.3, -0.25) is 4.79 Å². The predicted molar refractivity (Wildman–Crippen MR) is 93.6 cm³/mol. The van der Waals surface area contributed by atoms with Crippen molar-refractivity contribution in [3.05, 3.63) is 27.8 Å². The second kappa shape index (κ2) is 6.84. The van der Waals surface area contributed by atoms with Gasteiger partial charge in [0.25, 0.3) is 0 Å². The summed E-state index contributed by atoms with van der Waals surface area (Å²) in [5.41, 5.74) is 4.85. The quantitative estimate of drug-likeness (QED) is 0.784. The van der Waals surface area contributed by atoms with Crippen molar-refractivity contribution in [1.82, 2.24) is 4.31 Å². The first-order chi connectivity index (χ1) is 11.1. The number of carbonyl (C=O) groups is 1. The second-order valence-corrected chi connectivity index (χ2v) is 8.53. The molecule has 2 rings (SSSR count). The van der Waals surface area contributed by atoms with Gasteiger partial charge in [0.15, 0.2) is 0 Å². The van der Waals surface area contributed by atoms with Crippen molar-refractivity contribution in [3.63, 3.8) is 0 Å². The van der Waals surface area contributed by atoms with Crippen molar-refractivity contribution in [1.29, 1.82) is 0 Å². The van der Waals surface area contributed by atoms with Crippen LogP contribution in [0.4, 0.5) is 0 Å². The zero-order valence-corrected chi connectivity index (χ0v) is 16.2. The van der Waals surface area contributed by atoms with E-state index in [0.717, 1.165) is 27.8 Å². The van der Waals surface area contributed by atoms with E-state index < -0.39 is 10.0 Å². The predicted octanol–water partition coefficient (Wildman–Crippen LogP) is 2.80. The van der Waals surface area contributed by atoms with Crippen LogP contribution < -0.4 is 0 Å². The van der Waals surface area contributed by atoms with Gasteiger partial charge in [0, 0.05) is 13.1 Å². The van der Waals surface area contributed by atoms with E-state index >= 15 is 0 Å². The molecule has 0 amide bonds. The molecule has 0 aromatic heterocycles. The summed E-state index contributed by atoms with van der Waals surface area (Å²) in [4.78, 5) is 12.1. The first kappa shape index (κ1) is 18.9. The monoisotopic (exact) mass is 353 g/mol. The van der Waals surface area contributed by atoms with Gasteiger partial charge in [0.2, 0.25) is 10.0 Å². The highest BCUT2D eigenvalue weighted by atomic mass is 32.2. The van der Waals surface area contributed by atoms with Crippen molar-refractivity contribution >= 4 is 16.0 Å². The largest absolute Gasteiger partial charge is 0.469 e. The molecule has 0 atom stereocenters. The number of ether oxygens (including phenoxy) is 1. The van der Waals surface area contributed by atoms with Crippen molar-refractivity contribution in [3.8, 4) is 0 Å². The molecular formula is C18H27NO4S. The van der Waals surface area contributed by atoms with Crippen LogP contribution in [0.3, 0.4) is 0 Å². The Kier molecular flexibility index (Phi) is 5.40. The average Bonchev–Trinajstić information content (AvgIpc) is 2.57. The molecule has 0 N–H and O–H groups in total. The Morgan fingerprint density at radius 1 is 0.917 bits per heavy atom. The van der Waals surface area contributed by atoms with Gasteiger partial charge in [-0.25, -0.2) is 8.42 Å². The molecule has 0 unspecified atom stereocenters. The fraction of sp³-hybridized carbons (Fsp3) is 0.611. The van der Waals surface area contributed by atoms with E-state index in [-0.39, 0.29) is 11.9 Å². The van der Waals surface area contributed by atoms with Crippen molar-refractivity contribution in [2.24, 2.45) is 5.92 Å². The van der Waals surface area contributed by atoms with Crippen LogP contribution >= 0.6 is 0 Å². The number of methoxy groups -OCH3 is 1. The van der Waals surface area contributed by atoms with Crippen LogP contribution in [0.5, 0.6) is 0 Å². The molecule has 6 heteroatoms. The zero-order valence-electron chi connectivity index (χ0n) is 15.4. The highest BCUT2D eigenvalue weighted by molar-refractivity contribution is 7.89. The second-order valence-electron chi connectivity index (χ2n) is 6.66. The van der Waals surface area contributed by atoms with Gasteiger partial charge < -0.3 is 4.74 Å². The smallest absolute Gasteiger partial charge is 0.308 e. The van der Waals surface area contributed by atoms with Crippen molar-refractivity contribution in [2.75, 3.05) is 20.2 Å². The van der Waals surface area contributed by atoms with Crippen LogP contribution in [0.15, 0.2) is 4.90 Å². The van der Waals surface area contributed by atoms with E-state index in [9.17, 15) is 13.2 Å². The molecule has 1 aliphatic rings. The van der Waals surface area contributed by atoms with E-state index in [1.54, 1.807) is 0 Å². The lowest BCUT2D eigenvalue weighted by Gasteiger charge is -2.31. The van der Waals surface area contributed by atoms with Crippen molar-refractivity contribution < 1.29 is 17.9 Å². The lowest BCUT2D eigenvalue weighted by atomic mass is 9.95. The standard InChI is InChI=1S/C18H27NO4S/c1-11-12(2)14(4)17(15(5)13(11)3)24(21,22)19-9-7-16(8-10-19)18(20)23-6/h16H,7-10H2,1-6H3. The molecule has 0 radical (unpaired) electrons. The fourth-order valence-corrected chi connectivity index (χ4v) is 5.51. The summed E-state index contributed by atoms with van der Waals surface area (Å²) < 4.78 is 32.7. The van der Waals surface area contributed by atoms with Crippen LogP contribution in [0.2, 0.25) is 0 Å². The minimum Gasteiger partial charge on any atom is -0.469 e. The Hall–Kier alpha value is -1.40. The number of hydrogen-bond donors (Lipinski definition) is 0. The number of esters is 1. The molecule has 1 aromatic carbocycles. The highest BCUT2D eigenvalue weighted by Crippen LogP contribution is 2.33. The summed E-state index contributed by atoms with van der Waals surface area (Å²) in [5, 5.41) is 0. The van der Waals surface area contributed by atoms with Gasteiger partial charge >= 0.3 is 5.97 Å². The summed E-state index contributed by atoms with van der Waals surface area (Å²) in [5.74, 6) is -0.452. The summed E-state index contributed by atoms with van der Waals surface area (Å²) in [6.45, 7) is 10.4. The Bertz CT molecular complexity index is 731. The van der Waals surface area contributed by atoms with Gasteiger partial charge in [-0.1, -0.05) is 0 Å². The number of nitrogens with zero attached hydrogens (tertiary/aromatic N) is 1. The van der Waals surface area contributed by atoms with E-state index in [2.05, 4.69) is 0 Å². The Morgan fingerprint density at radius 3 is 1.75 bits per heavy atom. The molecule has 0 saturated carbocycles. The number of rotatable bonds is 3. The van der Waals surface area contributed by atoms with E-state index in [4.69, 9.17) is 4.74 Å². The van der Waals surface area contributed by atoms with E-state index in [1.165, 1.54) is 11.4 Å². The average molecular weight is 353 g/mol. The third kappa shape index (κ3) is 3.09. The number of carbonyl (C=O) groups excluding carboxylic acids is 1. The van der Waals surface area contributed by atoms with Gasteiger partial charge in [-0.05, 0) is 75.3 Å². The van der Waals surface area contributed by atoms with Crippen LogP contribution in [0, 0.1) is 40.5 Å². The van der Waals surface area contributed by atoms with Crippen LogP contribution in [-0.4, -0.2) is 38.9 Å². The third-order valence-electron chi connectivity index (χ3n) is 5.52. The molecule has 134 valence electrons. The first-order valence-corrected chi connectivity index (χ1v) is 9.71. The SMILES string of the molecule is COC(=O)C1CCN(S(=O)(=O)c2c(C)c(C)c(C)c(C)c2C)CC1. The van der Waals surface area contributed by atoms with Crippen LogP contribution in [0.1, 0.15) is 40.7 Å². The van der Waals surface area contributed by atoms with Crippen molar-refractivity contribution in [2.45, 2.75) is 52.4 Å². The minimum atomic E-state index is -3.56. The fourth-order valence-electron chi connectivity index (χ4n) is 3.48. The maximum Gasteiger partial charge on any atom is 0.308 e. The number of sulfonamides is 1. The minimum absolute atomic E-state index is 0.204. The zero-order chi connectivity index (χ0) is 18.2. The number of benzene rings is 1. The van der Waals surface area contributed by atoms with Gasteiger partial charge in [0.1, 0.15) is 0 Å². The van der Waals surface area contributed by atoms with Crippen LogP contribution in [0.25, 0.3) is 0 Å². The molecule has 0 bridgehead atoms. The third-order valence-corrected chi connectivity index (χ3v) is 7.69. The molecule has 0 spiro atoms. The number of piperidine rings is 1. The molecule has 0 aliphatic carbocycles. The van der Waals surface area contributed by atoms with E-state index in [1.807, 2.05) is 34.6 Å². The molecule has 1 aromatic rings. The maximum absolute atomic E-state index is 13.2. The summed E-state index contributed by atoms with van der Waals surface area (Å²) in [6.07, 6.45) is 1.02. The Balaban J connectivity index is 2.38.